The van der Waals surface area contributed by atoms with E-state index in [0.29, 0.717) is 44.8 Å². The Labute approximate surface area is 159 Å². The van der Waals surface area contributed by atoms with E-state index in [9.17, 15) is 4.79 Å². The summed E-state index contributed by atoms with van der Waals surface area (Å²) in [5.74, 6) is -0.509. The third kappa shape index (κ3) is 3.96. The van der Waals surface area contributed by atoms with Crippen molar-refractivity contribution in [3.63, 3.8) is 0 Å². The number of hydrogen-bond acceptors (Lipinski definition) is 5. The predicted molar refractivity (Wildman–Crippen MR) is 103 cm³/mol. The molecule has 2 saturated heterocycles. The second-order valence-corrected chi connectivity index (χ2v) is 7.33. The van der Waals surface area contributed by atoms with Gasteiger partial charge in [-0.05, 0) is 49.2 Å². The van der Waals surface area contributed by atoms with E-state index in [0.717, 1.165) is 11.4 Å². The molecule has 1 spiro atoms. The normalized spacial score (nSPS) is 18.7. The molecule has 6 nitrogen and oxygen atoms in total. The molecule has 1 aromatic carbocycles. The number of aromatic nitrogens is 1. The molecule has 6 heteroatoms. The van der Waals surface area contributed by atoms with Crippen LogP contribution in [0.15, 0.2) is 36.5 Å². The number of ether oxygens (including phenoxy) is 2. The fourth-order valence-corrected chi connectivity index (χ4v) is 3.81. The van der Waals surface area contributed by atoms with Gasteiger partial charge in [-0.15, -0.1) is 0 Å². The number of nitrogens with one attached hydrogen (secondary N) is 1. The third-order valence-electron chi connectivity index (χ3n) is 5.12. The third-order valence-corrected chi connectivity index (χ3v) is 5.12. The summed E-state index contributed by atoms with van der Waals surface area (Å²) < 4.78 is 11.4. The molecule has 0 atom stereocenters. The average molecular weight is 367 g/mol. The van der Waals surface area contributed by atoms with Crippen LogP contribution in [0, 0.1) is 13.8 Å². The van der Waals surface area contributed by atoms with Crippen LogP contribution in [-0.4, -0.2) is 47.9 Å². The van der Waals surface area contributed by atoms with Gasteiger partial charge in [0.05, 0.1) is 25.1 Å². The molecule has 142 valence electrons. The number of amides is 1. The minimum absolute atomic E-state index is 0.0409. The van der Waals surface area contributed by atoms with E-state index in [1.54, 1.807) is 12.3 Å². The summed E-state index contributed by atoms with van der Waals surface area (Å²) in [4.78, 5) is 18.9. The standard InChI is InChI=1S/C21H25N3O3/c1-15-11-16(2)13-18(12-15)23-17-3-4-19(22-14-17)20(25)24-7-5-21(6-8-24)26-9-10-27-21/h3-4,11-14,23H,5-10H2,1-2H3. The van der Waals surface area contributed by atoms with Crippen molar-refractivity contribution in [2.24, 2.45) is 0 Å². The SMILES string of the molecule is Cc1cc(C)cc(Nc2ccc(C(=O)N3CCC4(CC3)OCCO4)nc2)c1. The Morgan fingerprint density at radius 3 is 2.30 bits per heavy atom. The molecule has 0 unspecified atom stereocenters. The number of rotatable bonds is 3. The van der Waals surface area contributed by atoms with Crippen LogP contribution >= 0.6 is 0 Å². The van der Waals surface area contributed by atoms with E-state index >= 15 is 0 Å². The highest BCUT2D eigenvalue weighted by molar-refractivity contribution is 5.92. The number of hydrogen-bond donors (Lipinski definition) is 1. The molecule has 2 fully saturated rings. The van der Waals surface area contributed by atoms with Gasteiger partial charge in [-0.3, -0.25) is 4.79 Å². The molecular formula is C21H25N3O3. The smallest absolute Gasteiger partial charge is 0.272 e. The second kappa shape index (κ2) is 7.29. The van der Waals surface area contributed by atoms with E-state index in [2.05, 4.69) is 42.3 Å². The Morgan fingerprint density at radius 2 is 1.70 bits per heavy atom. The highest BCUT2D eigenvalue weighted by Gasteiger charge is 2.40. The summed E-state index contributed by atoms with van der Waals surface area (Å²) >= 11 is 0. The summed E-state index contributed by atoms with van der Waals surface area (Å²) in [5.41, 5.74) is 4.75. The predicted octanol–water partition coefficient (Wildman–Crippen LogP) is 3.42. The maximum atomic E-state index is 12.7. The van der Waals surface area contributed by atoms with Crippen molar-refractivity contribution < 1.29 is 14.3 Å². The van der Waals surface area contributed by atoms with Crippen LogP contribution in [0.1, 0.15) is 34.5 Å². The summed E-state index contributed by atoms with van der Waals surface area (Å²) in [6, 6.07) is 9.98. The van der Waals surface area contributed by atoms with Crippen LogP contribution in [0.5, 0.6) is 0 Å². The van der Waals surface area contributed by atoms with Gasteiger partial charge in [0.2, 0.25) is 0 Å². The molecule has 1 N–H and O–H groups in total. The van der Waals surface area contributed by atoms with Crippen molar-refractivity contribution in [1.29, 1.82) is 0 Å². The van der Waals surface area contributed by atoms with Gasteiger partial charge in [0, 0.05) is 31.6 Å². The van der Waals surface area contributed by atoms with Gasteiger partial charge in [0.1, 0.15) is 5.69 Å². The molecule has 3 heterocycles. The number of piperidine rings is 1. The molecule has 4 rings (SSSR count). The Balaban J connectivity index is 1.39. The zero-order chi connectivity index (χ0) is 18.9. The molecule has 2 aliphatic rings. The van der Waals surface area contributed by atoms with Crippen molar-refractivity contribution in [3.8, 4) is 0 Å². The lowest BCUT2D eigenvalue weighted by Crippen LogP contribution is -2.47. The number of likely N-dealkylation sites (tertiary alicyclic amines) is 1. The number of benzene rings is 1. The Kier molecular flexibility index (Phi) is 4.85. The summed E-state index contributed by atoms with van der Waals surface area (Å²) in [5, 5.41) is 3.34. The van der Waals surface area contributed by atoms with Gasteiger partial charge in [-0.1, -0.05) is 6.07 Å². The molecule has 2 aliphatic heterocycles. The van der Waals surface area contributed by atoms with Crippen molar-refractivity contribution in [2.75, 3.05) is 31.6 Å². The molecular weight excluding hydrogens is 342 g/mol. The van der Waals surface area contributed by atoms with Crippen LogP contribution in [0.25, 0.3) is 0 Å². The van der Waals surface area contributed by atoms with Gasteiger partial charge in [-0.25, -0.2) is 4.98 Å². The van der Waals surface area contributed by atoms with E-state index in [-0.39, 0.29) is 5.91 Å². The number of carbonyl (C=O) groups is 1. The summed E-state index contributed by atoms with van der Waals surface area (Å²) in [6.07, 6.45) is 3.13. The highest BCUT2D eigenvalue weighted by Crippen LogP contribution is 2.31. The summed E-state index contributed by atoms with van der Waals surface area (Å²) in [6.45, 7) is 6.69. The maximum absolute atomic E-state index is 12.7. The quantitative estimate of drug-likeness (QED) is 0.901. The van der Waals surface area contributed by atoms with Gasteiger partial charge in [-0.2, -0.15) is 0 Å². The van der Waals surface area contributed by atoms with E-state index in [4.69, 9.17) is 9.47 Å². The molecule has 0 saturated carbocycles. The lowest BCUT2D eigenvalue weighted by Gasteiger charge is -2.37. The van der Waals surface area contributed by atoms with E-state index < -0.39 is 5.79 Å². The second-order valence-electron chi connectivity index (χ2n) is 7.33. The van der Waals surface area contributed by atoms with Crippen molar-refractivity contribution in [2.45, 2.75) is 32.5 Å². The molecule has 1 aromatic heterocycles. The van der Waals surface area contributed by atoms with Gasteiger partial charge < -0.3 is 19.7 Å². The van der Waals surface area contributed by atoms with Gasteiger partial charge >= 0.3 is 0 Å². The van der Waals surface area contributed by atoms with Crippen molar-refractivity contribution >= 4 is 17.3 Å². The van der Waals surface area contributed by atoms with Crippen LogP contribution in [-0.2, 0) is 9.47 Å². The average Bonchev–Trinajstić information content (AvgIpc) is 3.10. The first-order chi connectivity index (χ1) is 13.0. The molecule has 1 amide bonds. The number of pyridine rings is 1. The monoisotopic (exact) mass is 367 g/mol. The molecule has 2 aromatic rings. The minimum Gasteiger partial charge on any atom is -0.354 e. The van der Waals surface area contributed by atoms with Crippen molar-refractivity contribution in [3.05, 3.63) is 53.3 Å². The van der Waals surface area contributed by atoms with E-state index in [1.807, 2.05) is 11.0 Å². The number of nitrogens with zero attached hydrogens (tertiary/aromatic N) is 2. The van der Waals surface area contributed by atoms with Crippen LogP contribution in [0.2, 0.25) is 0 Å². The molecule has 0 radical (unpaired) electrons. The van der Waals surface area contributed by atoms with Crippen molar-refractivity contribution in [1.82, 2.24) is 9.88 Å². The number of carbonyl (C=O) groups excluding carboxylic acids is 1. The van der Waals surface area contributed by atoms with Crippen LogP contribution in [0.3, 0.4) is 0 Å². The first-order valence-corrected chi connectivity index (χ1v) is 9.42. The Hall–Kier alpha value is -2.44. The maximum Gasteiger partial charge on any atom is 0.272 e. The van der Waals surface area contributed by atoms with E-state index in [1.165, 1.54) is 11.1 Å². The topological polar surface area (TPSA) is 63.7 Å². The molecule has 27 heavy (non-hydrogen) atoms. The first-order valence-electron chi connectivity index (χ1n) is 9.42. The number of anilines is 2. The Morgan fingerprint density at radius 1 is 1.04 bits per heavy atom. The fourth-order valence-electron chi connectivity index (χ4n) is 3.81. The van der Waals surface area contributed by atoms with Crippen LogP contribution in [0.4, 0.5) is 11.4 Å². The Bertz CT molecular complexity index is 799. The lowest BCUT2D eigenvalue weighted by atomic mass is 10.0. The number of aryl methyl sites for hydroxylation is 2. The largest absolute Gasteiger partial charge is 0.354 e. The lowest BCUT2D eigenvalue weighted by molar-refractivity contribution is -0.181. The molecule has 0 aliphatic carbocycles. The van der Waals surface area contributed by atoms with Gasteiger partial charge in [0.25, 0.3) is 5.91 Å². The zero-order valence-corrected chi connectivity index (χ0v) is 15.8. The van der Waals surface area contributed by atoms with Gasteiger partial charge in [0.15, 0.2) is 5.79 Å². The summed E-state index contributed by atoms with van der Waals surface area (Å²) in [7, 11) is 0. The highest BCUT2D eigenvalue weighted by atomic mass is 16.7. The first kappa shape index (κ1) is 17.9. The minimum atomic E-state index is -0.468. The molecule has 0 bridgehead atoms. The van der Waals surface area contributed by atoms with Crippen LogP contribution < -0.4 is 5.32 Å². The zero-order valence-electron chi connectivity index (χ0n) is 15.8. The fraction of sp³-hybridized carbons (Fsp3) is 0.429.